The van der Waals surface area contributed by atoms with Gasteiger partial charge in [0.25, 0.3) is 0 Å². The SMILES string of the molecule is OC(c1ccccn1)(c1ccccn1)c1cccnc1C(O)(c1ccccn1)c1ccccn1. The molecule has 0 bridgehead atoms. The van der Waals surface area contributed by atoms with E-state index >= 15 is 0 Å². The molecule has 0 radical (unpaired) electrons. The fourth-order valence-corrected chi connectivity index (χ4v) is 4.07. The van der Waals surface area contributed by atoms with E-state index in [1.165, 1.54) is 0 Å². The summed E-state index contributed by atoms with van der Waals surface area (Å²) in [6, 6.07) is 24.4. The lowest BCUT2D eigenvalue weighted by Gasteiger charge is -2.34. The molecule has 0 aromatic carbocycles. The molecule has 0 aliphatic carbocycles. The second-order valence-corrected chi connectivity index (χ2v) is 7.68. The lowest BCUT2D eigenvalue weighted by molar-refractivity contribution is 0.0868. The van der Waals surface area contributed by atoms with Crippen LogP contribution in [0.5, 0.6) is 0 Å². The Bertz CT molecular complexity index is 1180. The first kappa shape index (κ1) is 21.5. The van der Waals surface area contributed by atoms with E-state index in [2.05, 4.69) is 24.9 Å². The molecule has 34 heavy (non-hydrogen) atoms. The first-order chi connectivity index (χ1) is 16.6. The molecule has 7 heteroatoms. The largest absolute Gasteiger partial charge is 0.373 e. The molecule has 0 unspecified atom stereocenters. The van der Waals surface area contributed by atoms with Gasteiger partial charge in [0.2, 0.25) is 0 Å². The average Bonchev–Trinajstić information content (AvgIpc) is 2.94. The molecule has 0 aliphatic heterocycles. The van der Waals surface area contributed by atoms with Crippen LogP contribution in [0.15, 0.2) is 116 Å². The molecule has 166 valence electrons. The van der Waals surface area contributed by atoms with Crippen molar-refractivity contribution < 1.29 is 10.2 Å². The quantitative estimate of drug-likeness (QED) is 0.412. The Morgan fingerprint density at radius 1 is 0.412 bits per heavy atom. The van der Waals surface area contributed by atoms with Gasteiger partial charge in [-0.2, -0.15) is 0 Å². The first-order valence-corrected chi connectivity index (χ1v) is 10.7. The van der Waals surface area contributed by atoms with Crippen molar-refractivity contribution >= 4 is 0 Å². The van der Waals surface area contributed by atoms with Gasteiger partial charge in [-0.1, -0.05) is 30.3 Å². The highest BCUT2D eigenvalue weighted by Gasteiger charge is 2.47. The monoisotopic (exact) mass is 447 g/mol. The summed E-state index contributed by atoms with van der Waals surface area (Å²) in [6.07, 6.45) is 7.95. The van der Waals surface area contributed by atoms with Crippen LogP contribution >= 0.6 is 0 Å². The van der Waals surface area contributed by atoms with E-state index in [1.807, 2.05) is 0 Å². The Labute approximate surface area is 196 Å². The summed E-state index contributed by atoms with van der Waals surface area (Å²) < 4.78 is 0. The minimum Gasteiger partial charge on any atom is -0.373 e. The third-order valence-corrected chi connectivity index (χ3v) is 5.68. The van der Waals surface area contributed by atoms with Crippen molar-refractivity contribution in [2.24, 2.45) is 0 Å². The van der Waals surface area contributed by atoms with Crippen LogP contribution in [0.1, 0.15) is 34.0 Å². The summed E-state index contributed by atoms with van der Waals surface area (Å²) in [5.74, 6) is 0. The molecule has 0 spiro atoms. The maximum atomic E-state index is 12.3. The maximum absolute atomic E-state index is 12.3. The first-order valence-electron chi connectivity index (χ1n) is 10.7. The molecule has 0 saturated carbocycles. The molecule has 5 rings (SSSR count). The fraction of sp³-hybridized carbons (Fsp3) is 0.0741. The third kappa shape index (κ3) is 3.53. The summed E-state index contributed by atoms with van der Waals surface area (Å²) in [5.41, 5.74) is -1.88. The maximum Gasteiger partial charge on any atom is 0.191 e. The zero-order chi connectivity index (χ0) is 23.4. The van der Waals surface area contributed by atoms with Crippen LogP contribution in [-0.4, -0.2) is 35.1 Å². The van der Waals surface area contributed by atoms with Crippen molar-refractivity contribution in [3.05, 3.63) is 150 Å². The molecule has 0 atom stereocenters. The average molecular weight is 447 g/mol. The van der Waals surface area contributed by atoms with Gasteiger partial charge in [0.15, 0.2) is 11.2 Å². The van der Waals surface area contributed by atoms with E-state index in [9.17, 15) is 10.2 Å². The number of aliphatic hydroxyl groups is 2. The van der Waals surface area contributed by atoms with Crippen molar-refractivity contribution in [1.82, 2.24) is 24.9 Å². The number of nitrogens with zero attached hydrogens (tertiary/aromatic N) is 5. The molecule has 5 heterocycles. The van der Waals surface area contributed by atoms with Gasteiger partial charge in [0, 0.05) is 36.5 Å². The normalized spacial score (nSPS) is 11.8. The minimum absolute atomic E-state index is 0.172. The van der Waals surface area contributed by atoms with Crippen molar-refractivity contribution in [3.8, 4) is 0 Å². The molecular formula is C27H21N5O2. The Balaban J connectivity index is 1.85. The van der Waals surface area contributed by atoms with E-state index in [4.69, 9.17) is 0 Å². The van der Waals surface area contributed by atoms with Gasteiger partial charge in [0.1, 0.15) is 0 Å². The summed E-state index contributed by atoms with van der Waals surface area (Å²) >= 11 is 0. The van der Waals surface area contributed by atoms with E-state index in [0.717, 1.165) is 0 Å². The van der Waals surface area contributed by atoms with Crippen LogP contribution in [-0.2, 0) is 11.2 Å². The van der Waals surface area contributed by atoms with Crippen molar-refractivity contribution in [1.29, 1.82) is 0 Å². The molecule has 0 saturated heterocycles. The highest BCUT2D eigenvalue weighted by molar-refractivity contribution is 5.50. The number of pyridine rings is 5. The molecule has 7 nitrogen and oxygen atoms in total. The number of hydrogen-bond donors (Lipinski definition) is 2. The zero-order valence-electron chi connectivity index (χ0n) is 18.1. The molecule has 5 aromatic heterocycles. The number of aromatic nitrogens is 5. The number of rotatable bonds is 6. The molecule has 0 fully saturated rings. The van der Waals surface area contributed by atoms with Gasteiger partial charge in [-0.05, 0) is 54.6 Å². The second kappa shape index (κ2) is 8.90. The van der Waals surface area contributed by atoms with Crippen LogP contribution in [0.25, 0.3) is 0 Å². The highest BCUT2D eigenvalue weighted by Crippen LogP contribution is 2.42. The van der Waals surface area contributed by atoms with Gasteiger partial charge < -0.3 is 10.2 Å². The smallest absolute Gasteiger partial charge is 0.191 e. The summed E-state index contributed by atoms with van der Waals surface area (Å²) in [4.78, 5) is 22.3. The minimum atomic E-state index is -1.86. The van der Waals surface area contributed by atoms with Crippen molar-refractivity contribution in [2.45, 2.75) is 11.2 Å². The van der Waals surface area contributed by atoms with Gasteiger partial charge in [-0.25, -0.2) is 0 Å². The predicted octanol–water partition coefficient (Wildman–Crippen LogP) is 3.23. The Kier molecular flexibility index (Phi) is 5.63. The van der Waals surface area contributed by atoms with E-state index < -0.39 is 11.2 Å². The standard InChI is InChI=1S/C27H21N5O2/c33-26(21-11-1-5-15-28-21,22-12-2-6-16-29-22)20-10-9-19-32-25(20)27(34,23-13-3-7-17-30-23)24-14-4-8-18-31-24/h1-19,33-34H. The van der Waals surface area contributed by atoms with Crippen LogP contribution in [0.2, 0.25) is 0 Å². The molecule has 0 aliphatic rings. The van der Waals surface area contributed by atoms with Crippen molar-refractivity contribution in [2.75, 3.05) is 0 Å². The van der Waals surface area contributed by atoms with E-state index in [0.29, 0.717) is 28.3 Å². The lowest BCUT2D eigenvalue weighted by atomic mass is 9.78. The Hall–Kier alpha value is -4.33. The zero-order valence-corrected chi connectivity index (χ0v) is 18.1. The predicted molar refractivity (Wildman–Crippen MR) is 125 cm³/mol. The van der Waals surface area contributed by atoms with Crippen LogP contribution in [0, 0.1) is 0 Å². The third-order valence-electron chi connectivity index (χ3n) is 5.68. The topological polar surface area (TPSA) is 105 Å². The second-order valence-electron chi connectivity index (χ2n) is 7.68. The van der Waals surface area contributed by atoms with Crippen LogP contribution in [0.4, 0.5) is 0 Å². The summed E-state index contributed by atoms with van der Waals surface area (Å²) in [7, 11) is 0. The summed E-state index contributed by atoms with van der Waals surface area (Å²) in [5, 5.41) is 24.7. The van der Waals surface area contributed by atoms with Crippen LogP contribution in [0.3, 0.4) is 0 Å². The lowest BCUT2D eigenvalue weighted by Crippen LogP contribution is -2.39. The van der Waals surface area contributed by atoms with Gasteiger partial charge in [-0.3, -0.25) is 24.9 Å². The molecular weight excluding hydrogens is 426 g/mol. The Morgan fingerprint density at radius 3 is 1.18 bits per heavy atom. The van der Waals surface area contributed by atoms with E-state index in [1.54, 1.807) is 116 Å². The van der Waals surface area contributed by atoms with Crippen molar-refractivity contribution in [3.63, 3.8) is 0 Å². The van der Waals surface area contributed by atoms with E-state index in [-0.39, 0.29) is 5.69 Å². The molecule has 5 aromatic rings. The Morgan fingerprint density at radius 2 is 0.794 bits per heavy atom. The van der Waals surface area contributed by atoms with Gasteiger partial charge in [0.05, 0.1) is 28.5 Å². The molecule has 2 N–H and O–H groups in total. The highest BCUT2D eigenvalue weighted by atomic mass is 16.3. The van der Waals surface area contributed by atoms with Gasteiger partial charge >= 0.3 is 0 Å². The molecule has 0 amide bonds. The fourth-order valence-electron chi connectivity index (χ4n) is 4.07. The summed E-state index contributed by atoms with van der Waals surface area (Å²) in [6.45, 7) is 0. The van der Waals surface area contributed by atoms with Gasteiger partial charge in [-0.15, -0.1) is 0 Å². The van der Waals surface area contributed by atoms with Crippen LogP contribution < -0.4 is 0 Å². The number of hydrogen-bond acceptors (Lipinski definition) is 7.